The van der Waals surface area contributed by atoms with Crippen molar-refractivity contribution in [2.45, 2.75) is 32.7 Å². The van der Waals surface area contributed by atoms with E-state index in [0.29, 0.717) is 6.04 Å². The second kappa shape index (κ2) is 7.41. The summed E-state index contributed by atoms with van der Waals surface area (Å²) >= 11 is 4.23. The quantitative estimate of drug-likeness (QED) is 0.695. The molecule has 102 valence electrons. The van der Waals surface area contributed by atoms with Crippen LogP contribution in [0.3, 0.4) is 0 Å². The van der Waals surface area contributed by atoms with Gasteiger partial charge in [-0.25, -0.2) is 0 Å². The SMILES string of the molecule is CCCNC(Cc1cccc(C)c1)c1csc(I)c1. The molecule has 0 aliphatic heterocycles. The predicted molar refractivity (Wildman–Crippen MR) is 93.0 cm³/mol. The molecule has 1 unspecified atom stereocenters. The average Bonchev–Trinajstić information content (AvgIpc) is 2.81. The van der Waals surface area contributed by atoms with Gasteiger partial charge < -0.3 is 5.32 Å². The molecule has 0 saturated carbocycles. The molecule has 0 radical (unpaired) electrons. The van der Waals surface area contributed by atoms with Gasteiger partial charge in [0.25, 0.3) is 0 Å². The van der Waals surface area contributed by atoms with Crippen LogP contribution < -0.4 is 5.32 Å². The van der Waals surface area contributed by atoms with Gasteiger partial charge in [0.05, 0.1) is 2.88 Å². The van der Waals surface area contributed by atoms with Crippen molar-refractivity contribution in [1.82, 2.24) is 5.32 Å². The van der Waals surface area contributed by atoms with E-state index in [9.17, 15) is 0 Å². The minimum atomic E-state index is 0.432. The Labute approximate surface area is 133 Å². The van der Waals surface area contributed by atoms with Crippen molar-refractivity contribution in [1.29, 1.82) is 0 Å². The minimum absolute atomic E-state index is 0.432. The number of aryl methyl sites for hydroxylation is 1. The van der Waals surface area contributed by atoms with Crippen LogP contribution in [0.1, 0.15) is 36.1 Å². The zero-order chi connectivity index (χ0) is 13.7. The zero-order valence-electron chi connectivity index (χ0n) is 11.4. The second-order valence-electron chi connectivity index (χ2n) is 4.88. The maximum Gasteiger partial charge on any atom is 0.0656 e. The van der Waals surface area contributed by atoms with Crippen molar-refractivity contribution >= 4 is 33.9 Å². The van der Waals surface area contributed by atoms with Gasteiger partial charge in [0.15, 0.2) is 0 Å². The average molecular weight is 385 g/mol. The number of nitrogens with one attached hydrogen (secondary N) is 1. The third-order valence-electron chi connectivity index (χ3n) is 3.15. The lowest BCUT2D eigenvalue weighted by atomic mass is 10.00. The van der Waals surface area contributed by atoms with E-state index in [1.165, 1.54) is 26.0 Å². The van der Waals surface area contributed by atoms with Crippen molar-refractivity contribution in [3.05, 3.63) is 55.3 Å². The smallest absolute Gasteiger partial charge is 0.0656 e. The van der Waals surface area contributed by atoms with Crippen molar-refractivity contribution in [2.24, 2.45) is 0 Å². The summed E-state index contributed by atoms with van der Waals surface area (Å²) in [6.07, 6.45) is 2.24. The lowest BCUT2D eigenvalue weighted by molar-refractivity contribution is 0.530. The van der Waals surface area contributed by atoms with E-state index in [0.717, 1.165) is 13.0 Å². The summed E-state index contributed by atoms with van der Waals surface area (Å²) < 4.78 is 1.36. The Hall–Kier alpha value is -0.390. The van der Waals surface area contributed by atoms with Gasteiger partial charge in [-0.05, 0) is 71.5 Å². The summed E-state index contributed by atoms with van der Waals surface area (Å²) in [5.74, 6) is 0. The minimum Gasteiger partial charge on any atom is -0.310 e. The van der Waals surface area contributed by atoms with E-state index in [4.69, 9.17) is 0 Å². The van der Waals surface area contributed by atoms with E-state index in [1.54, 1.807) is 0 Å². The second-order valence-corrected chi connectivity index (χ2v) is 7.69. The molecule has 2 aromatic rings. The van der Waals surface area contributed by atoms with Crippen LogP contribution in [0.5, 0.6) is 0 Å². The molecule has 0 fully saturated rings. The van der Waals surface area contributed by atoms with E-state index in [1.807, 2.05) is 11.3 Å². The molecule has 1 N–H and O–H groups in total. The first-order valence-corrected chi connectivity index (χ1v) is 8.67. The van der Waals surface area contributed by atoms with Crippen molar-refractivity contribution in [3.8, 4) is 0 Å². The number of hydrogen-bond acceptors (Lipinski definition) is 2. The molecule has 0 saturated heterocycles. The van der Waals surface area contributed by atoms with E-state index in [-0.39, 0.29) is 0 Å². The first-order chi connectivity index (χ1) is 9.19. The summed E-state index contributed by atoms with van der Waals surface area (Å²) in [4.78, 5) is 0. The van der Waals surface area contributed by atoms with Gasteiger partial charge in [-0.3, -0.25) is 0 Å². The molecule has 0 aliphatic carbocycles. The fraction of sp³-hybridized carbons (Fsp3) is 0.375. The van der Waals surface area contributed by atoms with E-state index in [2.05, 4.69) is 77.5 Å². The Morgan fingerprint density at radius 1 is 1.32 bits per heavy atom. The summed E-state index contributed by atoms with van der Waals surface area (Å²) in [5, 5.41) is 5.95. The lowest BCUT2D eigenvalue weighted by Gasteiger charge is -2.18. The molecule has 0 aliphatic rings. The fourth-order valence-electron chi connectivity index (χ4n) is 2.21. The van der Waals surface area contributed by atoms with Crippen LogP contribution in [0, 0.1) is 9.81 Å². The van der Waals surface area contributed by atoms with Gasteiger partial charge in [-0.15, -0.1) is 11.3 Å². The number of rotatable bonds is 6. The molecule has 1 nitrogen and oxygen atoms in total. The molecule has 2 rings (SSSR count). The summed E-state index contributed by atoms with van der Waals surface area (Å²) in [6, 6.07) is 11.6. The third-order valence-corrected chi connectivity index (χ3v) is 4.96. The Morgan fingerprint density at radius 2 is 2.16 bits per heavy atom. The first kappa shape index (κ1) is 15.0. The number of thiophene rings is 1. The third kappa shape index (κ3) is 4.58. The molecule has 19 heavy (non-hydrogen) atoms. The Morgan fingerprint density at radius 3 is 2.79 bits per heavy atom. The summed E-state index contributed by atoms with van der Waals surface area (Å²) in [7, 11) is 0. The maximum atomic E-state index is 3.67. The van der Waals surface area contributed by atoms with Gasteiger partial charge in [0, 0.05) is 6.04 Å². The Balaban J connectivity index is 2.13. The largest absolute Gasteiger partial charge is 0.310 e. The molecule has 1 atom stereocenters. The molecule has 0 spiro atoms. The highest BCUT2D eigenvalue weighted by molar-refractivity contribution is 14.1. The van der Waals surface area contributed by atoms with Crippen LogP contribution in [0.15, 0.2) is 35.7 Å². The molecule has 1 aromatic carbocycles. The summed E-state index contributed by atoms with van der Waals surface area (Å²) in [5.41, 5.74) is 4.17. The van der Waals surface area contributed by atoms with Crippen molar-refractivity contribution in [2.75, 3.05) is 6.54 Å². The molecule has 3 heteroatoms. The van der Waals surface area contributed by atoms with Gasteiger partial charge in [-0.2, -0.15) is 0 Å². The Bertz CT molecular complexity index is 521. The van der Waals surface area contributed by atoms with Gasteiger partial charge in [0.1, 0.15) is 0 Å². The highest BCUT2D eigenvalue weighted by atomic mass is 127. The van der Waals surface area contributed by atoms with E-state index >= 15 is 0 Å². The standard InChI is InChI=1S/C16H20INS/c1-3-7-18-15(14-10-16(17)19-11-14)9-13-6-4-5-12(2)8-13/h4-6,8,10-11,15,18H,3,7,9H2,1-2H3. The molecular formula is C16H20INS. The van der Waals surface area contributed by atoms with Crippen LogP contribution in [0.25, 0.3) is 0 Å². The first-order valence-electron chi connectivity index (χ1n) is 6.72. The lowest BCUT2D eigenvalue weighted by Crippen LogP contribution is -2.23. The van der Waals surface area contributed by atoms with Crippen LogP contribution in [0.2, 0.25) is 0 Å². The number of halogens is 1. The normalized spacial score (nSPS) is 12.6. The van der Waals surface area contributed by atoms with Crippen molar-refractivity contribution in [3.63, 3.8) is 0 Å². The maximum absolute atomic E-state index is 3.67. The molecule has 0 amide bonds. The Kier molecular flexibility index (Phi) is 5.85. The van der Waals surface area contributed by atoms with Gasteiger partial charge in [0.2, 0.25) is 0 Å². The topological polar surface area (TPSA) is 12.0 Å². The van der Waals surface area contributed by atoms with Crippen molar-refractivity contribution < 1.29 is 0 Å². The number of benzene rings is 1. The van der Waals surface area contributed by atoms with Gasteiger partial charge in [-0.1, -0.05) is 36.8 Å². The highest BCUT2D eigenvalue weighted by Crippen LogP contribution is 2.25. The number of hydrogen-bond donors (Lipinski definition) is 1. The fourth-order valence-corrected chi connectivity index (χ4v) is 3.63. The van der Waals surface area contributed by atoms with Gasteiger partial charge >= 0.3 is 0 Å². The van der Waals surface area contributed by atoms with Crippen LogP contribution in [-0.4, -0.2) is 6.54 Å². The van der Waals surface area contributed by atoms with Crippen LogP contribution in [0.4, 0.5) is 0 Å². The molecular weight excluding hydrogens is 365 g/mol. The van der Waals surface area contributed by atoms with Crippen LogP contribution in [-0.2, 0) is 6.42 Å². The van der Waals surface area contributed by atoms with Crippen LogP contribution >= 0.6 is 33.9 Å². The highest BCUT2D eigenvalue weighted by Gasteiger charge is 2.13. The van der Waals surface area contributed by atoms with E-state index < -0.39 is 0 Å². The predicted octanol–water partition coefficient (Wildman–Crippen LogP) is 4.94. The zero-order valence-corrected chi connectivity index (χ0v) is 14.4. The molecule has 1 aromatic heterocycles. The molecule has 1 heterocycles. The summed E-state index contributed by atoms with van der Waals surface area (Å²) in [6.45, 7) is 5.45. The monoisotopic (exact) mass is 385 g/mol. The molecule has 0 bridgehead atoms.